The number of thiazole rings is 1. The lowest BCUT2D eigenvalue weighted by Crippen LogP contribution is -2.34. The Labute approximate surface area is 118 Å². The van der Waals surface area contributed by atoms with Gasteiger partial charge in [-0.15, -0.1) is 11.3 Å². The Bertz CT molecular complexity index is 564. The van der Waals surface area contributed by atoms with Crippen molar-refractivity contribution in [2.75, 3.05) is 18.0 Å². The number of pyridine rings is 1. The molecule has 0 amide bonds. The second kappa shape index (κ2) is 5.29. The van der Waals surface area contributed by atoms with Gasteiger partial charge in [0.15, 0.2) is 0 Å². The summed E-state index contributed by atoms with van der Waals surface area (Å²) < 4.78 is 0. The van der Waals surface area contributed by atoms with Crippen molar-refractivity contribution >= 4 is 17.2 Å². The van der Waals surface area contributed by atoms with E-state index in [9.17, 15) is 0 Å². The number of hydrogen-bond donors (Lipinski definition) is 0. The molecule has 1 aliphatic rings. The molecule has 1 saturated heterocycles. The van der Waals surface area contributed by atoms with E-state index in [0.29, 0.717) is 5.92 Å². The van der Waals surface area contributed by atoms with Gasteiger partial charge in [-0.2, -0.15) is 0 Å². The predicted octanol–water partition coefficient (Wildman–Crippen LogP) is 3.54. The van der Waals surface area contributed by atoms with E-state index in [4.69, 9.17) is 0 Å². The van der Waals surface area contributed by atoms with E-state index in [1.165, 1.54) is 17.8 Å². The van der Waals surface area contributed by atoms with E-state index >= 15 is 0 Å². The maximum atomic E-state index is 4.65. The van der Waals surface area contributed by atoms with Crippen LogP contribution in [0.2, 0.25) is 0 Å². The van der Waals surface area contributed by atoms with Crippen LogP contribution in [0.3, 0.4) is 0 Å². The van der Waals surface area contributed by atoms with Crippen molar-refractivity contribution in [2.24, 2.45) is 0 Å². The molecule has 0 radical (unpaired) electrons. The third-order valence-corrected chi connectivity index (χ3v) is 4.73. The first-order valence-corrected chi connectivity index (χ1v) is 7.71. The molecule has 1 atom stereocenters. The molecule has 3 heterocycles. The monoisotopic (exact) mass is 273 g/mol. The van der Waals surface area contributed by atoms with Gasteiger partial charge < -0.3 is 4.90 Å². The van der Waals surface area contributed by atoms with Crippen LogP contribution in [0.5, 0.6) is 0 Å². The Balaban J connectivity index is 1.78. The summed E-state index contributed by atoms with van der Waals surface area (Å²) in [6.07, 6.45) is 2.47. The lowest BCUT2D eigenvalue weighted by molar-refractivity contribution is 0.505. The Kier molecular flexibility index (Phi) is 3.51. The summed E-state index contributed by atoms with van der Waals surface area (Å²) in [5.74, 6) is 1.67. The summed E-state index contributed by atoms with van der Waals surface area (Å²) in [7, 11) is 0. The van der Waals surface area contributed by atoms with Crippen molar-refractivity contribution < 1.29 is 0 Å². The highest BCUT2D eigenvalue weighted by Gasteiger charge is 2.24. The summed E-state index contributed by atoms with van der Waals surface area (Å²) in [5, 5.41) is 3.44. The fraction of sp³-hybridized carbons (Fsp3) is 0.467. The van der Waals surface area contributed by atoms with E-state index in [1.807, 2.05) is 0 Å². The largest absolute Gasteiger partial charge is 0.356 e. The van der Waals surface area contributed by atoms with E-state index < -0.39 is 0 Å². The molecule has 0 N–H and O–H groups in total. The molecule has 0 bridgehead atoms. The Morgan fingerprint density at radius 3 is 2.84 bits per heavy atom. The fourth-order valence-electron chi connectivity index (χ4n) is 2.65. The number of aromatic nitrogens is 2. The molecule has 1 aliphatic heterocycles. The number of aryl methyl sites for hydroxylation is 2. The molecular formula is C15H19N3S. The van der Waals surface area contributed by atoms with Crippen molar-refractivity contribution in [3.63, 3.8) is 0 Å². The average molecular weight is 273 g/mol. The molecule has 1 fully saturated rings. The van der Waals surface area contributed by atoms with Crippen LogP contribution in [0.4, 0.5) is 5.82 Å². The van der Waals surface area contributed by atoms with Crippen LogP contribution < -0.4 is 4.90 Å². The highest BCUT2D eigenvalue weighted by atomic mass is 32.1. The Hall–Kier alpha value is -1.42. The molecule has 3 rings (SSSR count). The molecule has 0 aromatic carbocycles. The SMILES string of the molecule is Cc1cccc(N2CCC[C@H](c3nc(C)cs3)C2)n1. The normalized spacial score (nSPS) is 19.7. The molecule has 0 aliphatic carbocycles. The second-order valence-corrected chi connectivity index (χ2v) is 6.14. The summed E-state index contributed by atoms with van der Waals surface area (Å²) in [6.45, 7) is 6.28. The zero-order valence-electron chi connectivity index (χ0n) is 11.5. The van der Waals surface area contributed by atoms with Gasteiger partial charge in [-0.25, -0.2) is 9.97 Å². The minimum atomic E-state index is 0.565. The Morgan fingerprint density at radius 1 is 1.21 bits per heavy atom. The van der Waals surface area contributed by atoms with Gasteiger partial charge in [0, 0.05) is 35.8 Å². The van der Waals surface area contributed by atoms with E-state index in [1.54, 1.807) is 11.3 Å². The van der Waals surface area contributed by atoms with Crippen molar-refractivity contribution in [1.29, 1.82) is 0 Å². The molecule has 0 unspecified atom stereocenters. The number of rotatable bonds is 2. The first-order valence-electron chi connectivity index (χ1n) is 6.83. The van der Waals surface area contributed by atoms with E-state index in [2.05, 4.69) is 52.3 Å². The van der Waals surface area contributed by atoms with Crippen LogP contribution in [0.25, 0.3) is 0 Å². The summed E-state index contributed by atoms with van der Waals surface area (Å²) in [4.78, 5) is 11.7. The molecule has 0 spiro atoms. The van der Waals surface area contributed by atoms with Crippen molar-refractivity contribution in [3.8, 4) is 0 Å². The lowest BCUT2D eigenvalue weighted by Gasteiger charge is -2.32. The van der Waals surface area contributed by atoms with Gasteiger partial charge in [-0.3, -0.25) is 0 Å². The molecule has 2 aromatic heterocycles. The maximum absolute atomic E-state index is 4.65. The highest BCUT2D eigenvalue weighted by Crippen LogP contribution is 2.30. The Morgan fingerprint density at radius 2 is 2.11 bits per heavy atom. The lowest BCUT2D eigenvalue weighted by atomic mass is 9.99. The second-order valence-electron chi connectivity index (χ2n) is 5.25. The van der Waals surface area contributed by atoms with Gasteiger partial charge in [0.25, 0.3) is 0 Å². The molecular weight excluding hydrogens is 254 g/mol. The molecule has 0 saturated carbocycles. The van der Waals surface area contributed by atoms with Crippen LogP contribution in [-0.4, -0.2) is 23.1 Å². The van der Waals surface area contributed by atoms with Crippen molar-refractivity contribution in [3.05, 3.63) is 40.0 Å². The number of anilines is 1. The van der Waals surface area contributed by atoms with Crippen LogP contribution in [0, 0.1) is 13.8 Å². The average Bonchev–Trinajstić information content (AvgIpc) is 2.86. The van der Waals surface area contributed by atoms with Gasteiger partial charge in [-0.05, 0) is 38.8 Å². The van der Waals surface area contributed by atoms with Crippen molar-refractivity contribution in [2.45, 2.75) is 32.6 Å². The van der Waals surface area contributed by atoms with Crippen LogP contribution in [0.15, 0.2) is 23.6 Å². The molecule has 4 heteroatoms. The zero-order chi connectivity index (χ0) is 13.2. The van der Waals surface area contributed by atoms with E-state index in [-0.39, 0.29) is 0 Å². The quantitative estimate of drug-likeness (QED) is 0.838. The third kappa shape index (κ3) is 2.78. The molecule has 2 aromatic rings. The van der Waals surface area contributed by atoms with Crippen LogP contribution in [-0.2, 0) is 0 Å². The predicted molar refractivity (Wildman–Crippen MR) is 80.0 cm³/mol. The number of nitrogens with zero attached hydrogens (tertiary/aromatic N) is 3. The van der Waals surface area contributed by atoms with Crippen LogP contribution >= 0.6 is 11.3 Å². The molecule has 3 nitrogen and oxygen atoms in total. The standard InChI is InChI=1S/C15H19N3S/c1-11-5-3-7-14(16-11)18-8-4-6-13(9-18)15-17-12(2)10-19-15/h3,5,7,10,13H,4,6,8-9H2,1-2H3/t13-/m0/s1. The van der Waals surface area contributed by atoms with E-state index in [0.717, 1.165) is 30.3 Å². The minimum Gasteiger partial charge on any atom is -0.356 e. The highest BCUT2D eigenvalue weighted by molar-refractivity contribution is 7.09. The van der Waals surface area contributed by atoms with Crippen molar-refractivity contribution in [1.82, 2.24) is 9.97 Å². The summed E-state index contributed by atoms with van der Waals surface area (Å²) in [6, 6.07) is 6.26. The van der Waals surface area contributed by atoms with Crippen LogP contribution in [0.1, 0.15) is 35.2 Å². The van der Waals surface area contributed by atoms with Gasteiger partial charge in [0.2, 0.25) is 0 Å². The van der Waals surface area contributed by atoms with Gasteiger partial charge in [0.05, 0.1) is 5.01 Å². The molecule has 19 heavy (non-hydrogen) atoms. The minimum absolute atomic E-state index is 0.565. The summed E-state index contributed by atoms with van der Waals surface area (Å²) in [5.41, 5.74) is 2.23. The molecule has 100 valence electrons. The number of hydrogen-bond acceptors (Lipinski definition) is 4. The first-order chi connectivity index (χ1) is 9.22. The van der Waals surface area contributed by atoms with Gasteiger partial charge in [0.1, 0.15) is 5.82 Å². The summed E-state index contributed by atoms with van der Waals surface area (Å²) >= 11 is 1.80. The topological polar surface area (TPSA) is 29.0 Å². The smallest absolute Gasteiger partial charge is 0.128 e. The third-order valence-electron chi connectivity index (χ3n) is 3.61. The number of piperidine rings is 1. The maximum Gasteiger partial charge on any atom is 0.128 e. The zero-order valence-corrected chi connectivity index (χ0v) is 12.3. The first kappa shape index (κ1) is 12.6. The fourth-order valence-corrected chi connectivity index (χ4v) is 3.58. The van der Waals surface area contributed by atoms with Gasteiger partial charge >= 0.3 is 0 Å². The van der Waals surface area contributed by atoms with Gasteiger partial charge in [-0.1, -0.05) is 6.07 Å².